The number of nitrogens with zero attached hydrogens (tertiary/aromatic N) is 3. The summed E-state index contributed by atoms with van der Waals surface area (Å²) in [7, 11) is 0. The van der Waals surface area contributed by atoms with Gasteiger partial charge in [-0.05, 0) is 66.8 Å². The Labute approximate surface area is 219 Å². The largest absolute Gasteiger partial charge is 0.451 e. The molecule has 0 aliphatic rings. The van der Waals surface area contributed by atoms with Crippen LogP contribution in [0.2, 0.25) is 15.1 Å². The number of anilines is 1. The lowest BCUT2D eigenvalue weighted by atomic mass is 10.2. The molecule has 0 spiro atoms. The average molecular weight is 543 g/mol. The van der Waals surface area contributed by atoms with E-state index in [1.54, 1.807) is 36.4 Å². The number of fused-ring (bicyclic) bond motifs is 1. The second-order valence-electron chi connectivity index (χ2n) is 7.34. The summed E-state index contributed by atoms with van der Waals surface area (Å²) < 4.78 is 5.66. The number of thiocarbonyl (C=S) groups is 1. The molecule has 0 saturated heterocycles. The zero-order chi connectivity index (χ0) is 24.5. The number of amides is 1. The van der Waals surface area contributed by atoms with Crippen molar-refractivity contribution in [2.24, 2.45) is 0 Å². The summed E-state index contributed by atoms with van der Waals surface area (Å²) in [4.78, 5) is 14.2. The highest BCUT2D eigenvalue weighted by Gasteiger charge is 2.17. The monoisotopic (exact) mass is 541 g/mol. The van der Waals surface area contributed by atoms with Gasteiger partial charge in [-0.15, -0.1) is 10.2 Å². The van der Waals surface area contributed by atoms with E-state index in [1.165, 1.54) is 10.9 Å². The van der Waals surface area contributed by atoms with Crippen LogP contribution in [-0.2, 0) is 0 Å². The van der Waals surface area contributed by atoms with Gasteiger partial charge < -0.3 is 9.73 Å². The molecular weight excluding hydrogens is 529 g/mol. The van der Waals surface area contributed by atoms with E-state index >= 15 is 0 Å². The van der Waals surface area contributed by atoms with E-state index in [1.807, 2.05) is 30.3 Å². The quantitative estimate of drug-likeness (QED) is 0.244. The Morgan fingerprint density at radius 2 is 1.63 bits per heavy atom. The molecule has 2 heterocycles. The molecule has 0 fully saturated rings. The summed E-state index contributed by atoms with van der Waals surface area (Å²) >= 11 is 23.9. The Balaban J connectivity index is 1.30. The standard InChI is InChI=1S/C24H14Cl3N5O2S/c25-13-6-7-15(16(26)10-13)21-8-9-22(34-21)23(33)29-24(35)28-18-12-20-19(11-17(18)27)30-32(31-20)14-4-2-1-3-5-14/h1-12H,(H2,28,29,33,35). The molecule has 1 amide bonds. The predicted octanol–water partition coefficient (Wildman–Crippen LogP) is 6.77. The maximum Gasteiger partial charge on any atom is 0.293 e. The highest BCUT2D eigenvalue weighted by molar-refractivity contribution is 7.80. The molecular formula is C24H14Cl3N5O2S. The summed E-state index contributed by atoms with van der Waals surface area (Å²) in [6.45, 7) is 0. The van der Waals surface area contributed by atoms with E-state index < -0.39 is 5.91 Å². The Morgan fingerprint density at radius 1 is 0.886 bits per heavy atom. The third kappa shape index (κ3) is 5.01. The highest BCUT2D eigenvalue weighted by atomic mass is 35.5. The van der Waals surface area contributed by atoms with Gasteiger partial charge in [-0.25, -0.2) is 0 Å². The predicted molar refractivity (Wildman–Crippen MR) is 142 cm³/mol. The van der Waals surface area contributed by atoms with Crippen molar-refractivity contribution < 1.29 is 9.21 Å². The van der Waals surface area contributed by atoms with Crippen LogP contribution >= 0.6 is 47.0 Å². The second-order valence-corrected chi connectivity index (χ2v) is 9.00. The highest BCUT2D eigenvalue weighted by Crippen LogP contribution is 2.31. The van der Waals surface area contributed by atoms with Crippen LogP contribution in [0.1, 0.15) is 10.6 Å². The lowest BCUT2D eigenvalue weighted by Gasteiger charge is -2.10. The minimum absolute atomic E-state index is 0.0363. The number of benzene rings is 3. The fourth-order valence-corrected chi connectivity index (χ4v) is 4.23. The number of rotatable bonds is 4. The molecule has 3 aromatic carbocycles. The zero-order valence-corrected chi connectivity index (χ0v) is 20.7. The molecule has 0 bridgehead atoms. The fraction of sp³-hybridized carbons (Fsp3) is 0. The van der Waals surface area contributed by atoms with E-state index in [-0.39, 0.29) is 10.9 Å². The number of aromatic nitrogens is 3. The Bertz CT molecular complexity index is 1580. The van der Waals surface area contributed by atoms with Gasteiger partial charge in [-0.3, -0.25) is 10.1 Å². The van der Waals surface area contributed by atoms with Gasteiger partial charge in [0.25, 0.3) is 5.91 Å². The van der Waals surface area contributed by atoms with E-state index in [0.717, 1.165) is 5.69 Å². The van der Waals surface area contributed by atoms with Crippen LogP contribution in [0.25, 0.3) is 28.0 Å². The van der Waals surface area contributed by atoms with Gasteiger partial charge in [0.1, 0.15) is 16.8 Å². The van der Waals surface area contributed by atoms with E-state index in [2.05, 4.69) is 20.8 Å². The Hall–Kier alpha value is -3.43. The number of para-hydroxylation sites is 1. The number of carbonyl (C=O) groups is 1. The van der Waals surface area contributed by atoms with Crippen molar-refractivity contribution in [3.05, 3.63) is 93.6 Å². The summed E-state index contributed by atoms with van der Waals surface area (Å²) in [6.07, 6.45) is 0. The first kappa shape index (κ1) is 23.3. The zero-order valence-electron chi connectivity index (χ0n) is 17.6. The Kier molecular flexibility index (Phi) is 6.44. The van der Waals surface area contributed by atoms with Crippen LogP contribution in [0.5, 0.6) is 0 Å². The van der Waals surface area contributed by atoms with Crippen LogP contribution in [0.4, 0.5) is 5.69 Å². The summed E-state index contributed by atoms with van der Waals surface area (Å²) in [6, 6.07) is 21.0. The Morgan fingerprint density at radius 3 is 2.37 bits per heavy atom. The SMILES string of the molecule is O=C(NC(=S)Nc1cc2nn(-c3ccccc3)nc2cc1Cl)c1ccc(-c2ccc(Cl)cc2Cl)o1. The molecule has 35 heavy (non-hydrogen) atoms. The normalized spacial score (nSPS) is 10.9. The second kappa shape index (κ2) is 9.67. The molecule has 5 rings (SSSR count). The van der Waals surface area contributed by atoms with Crippen molar-refractivity contribution in [1.82, 2.24) is 20.3 Å². The van der Waals surface area contributed by atoms with Crippen LogP contribution in [0.3, 0.4) is 0 Å². The van der Waals surface area contributed by atoms with Gasteiger partial charge in [0.15, 0.2) is 10.9 Å². The van der Waals surface area contributed by atoms with Crippen LogP contribution in [-0.4, -0.2) is 26.0 Å². The van der Waals surface area contributed by atoms with Gasteiger partial charge in [0, 0.05) is 10.6 Å². The summed E-state index contributed by atoms with van der Waals surface area (Å²) in [5, 5.41) is 15.7. The van der Waals surface area contributed by atoms with Gasteiger partial charge in [0.05, 0.1) is 21.4 Å². The van der Waals surface area contributed by atoms with Gasteiger partial charge in [0.2, 0.25) is 0 Å². The average Bonchev–Trinajstić information content (AvgIpc) is 3.47. The van der Waals surface area contributed by atoms with Crippen molar-refractivity contribution in [2.45, 2.75) is 0 Å². The van der Waals surface area contributed by atoms with Gasteiger partial charge in [-0.2, -0.15) is 4.80 Å². The number of hydrogen-bond acceptors (Lipinski definition) is 5. The van der Waals surface area contributed by atoms with Crippen molar-refractivity contribution in [3.63, 3.8) is 0 Å². The number of carbonyl (C=O) groups excluding carboxylic acids is 1. The summed E-state index contributed by atoms with van der Waals surface area (Å²) in [5.41, 5.74) is 3.11. The molecule has 0 aliphatic heterocycles. The molecule has 11 heteroatoms. The van der Waals surface area contributed by atoms with Crippen molar-refractivity contribution in [3.8, 4) is 17.0 Å². The molecule has 5 aromatic rings. The molecule has 7 nitrogen and oxygen atoms in total. The maximum atomic E-state index is 12.6. The minimum atomic E-state index is -0.536. The number of furan rings is 1. The molecule has 0 saturated carbocycles. The molecule has 2 N–H and O–H groups in total. The third-order valence-corrected chi connectivity index (χ3v) is 6.02. The summed E-state index contributed by atoms with van der Waals surface area (Å²) in [5.74, 6) is -0.0562. The third-order valence-electron chi connectivity index (χ3n) is 4.96. The van der Waals surface area contributed by atoms with E-state index in [0.29, 0.717) is 43.1 Å². The smallest absolute Gasteiger partial charge is 0.293 e. The van der Waals surface area contributed by atoms with Crippen molar-refractivity contribution in [1.29, 1.82) is 0 Å². The number of hydrogen-bond donors (Lipinski definition) is 2. The first-order valence-electron chi connectivity index (χ1n) is 10.2. The molecule has 0 unspecified atom stereocenters. The topological polar surface area (TPSA) is 85.0 Å². The number of nitrogens with one attached hydrogen (secondary N) is 2. The molecule has 0 radical (unpaired) electrons. The lowest BCUT2D eigenvalue weighted by molar-refractivity contribution is 0.0951. The fourth-order valence-electron chi connectivity index (χ4n) is 3.32. The molecule has 2 aromatic heterocycles. The minimum Gasteiger partial charge on any atom is -0.451 e. The van der Waals surface area contributed by atoms with Crippen LogP contribution < -0.4 is 10.6 Å². The van der Waals surface area contributed by atoms with Crippen LogP contribution in [0, 0.1) is 0 Å². The van der Waals surface area contributed by atoms with E-state index in [4.69, 9.17) is 51.4 Å². The van der Waals surface area contributed by atoms with Gasteiger partial charge in [-0.1, -0.05) is 53.0 Å². The van der Waals surface area contributed by atoms with E-state index in [9.17, 15) is 4.79 Å². The first-order chi connectivity index (χ1) is 16.9. The molecule has 0 atom stereocenters. The maximum absolute atomic E-state index is 12.6. The van der Waals surface area contributed by atoms with Gasteiger partial charge >= 0.3 is 0 Å². The van der Waals surface area contributed by atoms with Crippen LogP contribution in [0.15, 0.2) is 77.2 Å². The first-order valence-corrected chi connectivity index (χ1v) is 11.7. The number of halogens is 3. The van der Waals surface area contributed by atoms with Crippen molar-refractivity contribution in [2.75, 3.05) is 5.32 Å². The lowest BCUT2D eigenvalue weighted by Crippen LogP contribution is -2.33. The molecule has 174 valence electrons. The molecule has 0 aliphatic carbocycles. The van der Waals surface area contributed by atoms with Crippen molar-refractivity contribution >= 4 is 74.8 Å².